The van der Waals surface area contributed by atoms with Crippen LogP contribution >= 0.6 is 11.3 Å². The third-order valence-electron chi connectivity index (χ3n) is 2.64. The van der Waals surface area contributed by atoms with E-state index in [4.69, 9.17) is 4.74 Å². The summed E-state index contributed by atoms with van der Waals surface area (Å²) in [6.45, 7) is 0. The first kappa shape index (κ1) is 12.6. The van der Waals surface area contributed by atoms with Gasteiger partial charge < -0.3 is 9.84 Å². The predicted molar refractivity (Wildman–Crippen MR) is 68.7 cm³/mol. The molecule has 0 spiro atoms. The van der Waals surface area contributed by atoms with Crippen LogP contribution in [0.25, 0.3) is 0 Å². The van der Waals surface area contributed by atoms with Crippen LogP contribution in [0.15, 0.2) is 35.8 Å². The molecule has 1 aromatic carbocycles. The van der Waals surface area contributed by atoms with Gasteiger partial charge >= 0.3 is 5.97 Å². The SMILES string of the molecule is COC(=O)C[C@@H](c1ccc(O)cc1)c1nccs1. The molecular formula is C13H13NO3S. The first-order chi connectivity index (χ1) is 8.70. The van der Waals surface area contributed by atoms with Gasteiger partial charge in [0.2, 0.25) is 0 Å². The zero-order chi connectivity index (χ0) is 13.0. The number of ether oxygens (including phenoxy) is 1. The number of rotatable bonds is 4. The highest BCUT2D eigenvalue weighted by molar-refractivity contribution is 7.09. The third kappa shape index (κ3) is 2.87. The van der Waals surface area contributed by atoms with Gasteiger partial charge in [-0.2, -0.15) is 0 Å². The summed E-state index contributed by atoms with van der Waals surface area (Å²) >= 11 is 1.50. The lowest BCUT2D eigenvalue weighted by Crippen LogP contribution is -2.09. The average Bonchev–Trinajstić information content (AvgIpc) is 2.90. The van der Waals surface area contributed by atoms with Crippen molar-refractivity contribution in [2.24, 2.45) is 0 Å². The summed E-state index contributed by atoms with van der Waals surface area (Å²) in [4.78, 5) is 15.7. The number of hydrogen-bond acceptors (Lipinski definition) is 5. The van der Waals surface area contributed by atoms with Gasteiger partial charge in [-0.3, -0.25) is 4.79 Å². The molecule has 0 aliphatic carbocycles. The Morgan fingerprint density at radius 1 is 1.44 bits per heavy atom. The lowest BCUT2D eigenvalue weighted by molar-refractivity contribution is -0.140. The monoisotopic (exact) mass is 263 g/mol. The summed E-state index contributed by atoms with van der Waals surface area (Å²) in [6.07, 6.45) is 1.96. The Bertz CT molecular complexity index is 508. The van der Waals surface area contributed by atoms with Gasteiger partial charge in [0.25, 0.3) is 0 Å². The largest absolute Gasteiger partial charge is 0.508 e. The number of nitrogens with zero attached hydrogens (tertiary/aromatic N) is 1. The molecule has 0 saturated heterocycles. The number of hydrogen-bond donors (Lipinski definition) is 1. The van der Waals surface area contributed by atoms with Gasteiger partial charge in [-0.1, -0.05) is 12.1 Å². The van der Waals surface area contributed by atoms with Crippen LogP contribution in [-0.4, -0.2) is 23.2 Å². The van der Waals surface area contributed by atoms with Crippen LogP contribution in [-0.2, 0) is 9.53 Å². The molecule has 0 bridgehead atoms. The van der Waals surface area contributed by atoms with Crippen molar-refractivity contribution in [3.8, 4) is 5.75 Å². The number of esters is 1. The maximum absolute atomic E-state index is 11.5. The quantitative estimate of drug-likeness (QED) is 0.861. The van der Waals surface area contributed by atoms with E-state index in [2.05, 4.69) is 4.98 Å². The molecule has 1 atom stereocenters. The van der Waals surface area contributed by atoms with Crippen molar-refractivity contribution in [1.29, 1.82) is 0 Å². The molecule has 0 aliphatic heterocycles. The molecule has 0 aliphatic rings. The molecule has 0 unspecified atom stereocenters. The molecule has 0 amide bonds. The maximum Gasteiger partial charge on any atom is 0.306 e. The number of phenols is 1. The number of aromatic nitrogens is 1. The first-order valence-corrected chi connectivity index (χ1v) is 6.34. The Labute approximate surface area is 109 Å². The maximum atomic E-state index is 11.5. The van der Waals surface area contributed by atoms with Gasteiger partial charge in [0.1, 0.15) is 10.8 Å². The van der Waals surface area contributed by atoms with Crippen molar-refractivity contribution in [1.82, 2.24) is 4.98 Å². The minimum Gasteiger partial charge on any atom is -0.508 e. The molecule has 4 nitrogen and oxygen atoms in total. The molecule has 5 heteroatoms. The number of aromatic hydroxyl groups is 1. The van der Waals surface area contributed by atoms with Crippen LogP contribution < -0.4 is 0 Å². The molecule has 1 heterocycles. The van der Waals surface area contributed by atoms with Crippen molar-refractivity contribution < 1.29 is 14.6 Å². The average molecular weight is 263 g/mol. The van der Waals surface area contributed by atoms with E-state index >= 15 is 0 Å². The molecular weight excluding hydrogens is 250 g/mol. The fraction of sp³-hybridized carbons (Fsp3) is 0.231. The Morgan fingerprint density at radius 3 is 2.72 bits per heavy atom. The van der Waals surface area contributed by atoms with Crippen LogP contribution in [0.3, 0.4) is 0 Å². The van der Waals surface area contributed by atoms with Gasteiger partial charge in [-0.25, -0.2) is 4.98 Å². The van der Waals surface area contributed by atoms with Gasteiger partial charge in [0.05, 0.1) is 13.5 Å². The molecule has 0 fully saturated rings. The third-order valence-corrected chi connectivity index (χ3v) is 3.53. The lowest BCUT2D eigenvalue weighted by Gasteiger charge is -2.13. The molecule has 0 radical (unpaired) electrons. The Kier molecular flexibility index (Phi) is 3.94. The summed E-state index contributed by atoms with van der Waals surface area (Å²) in [7, 11) is 1.37. The number of methoxy groups -OCH3 is 1. The normalized spacial score (nSPS) is 12.1. The Morgan fingerprint density at radius 2 is 2.17 bits per heavy atom. The van der Waals surface area contributed by atoms with Crippen molar-refractivity contribution in [3.63, 3.8) is 0 Å². The standard InChI is InChI=1S/C13H13NO3S/c1-17-12(16)8-11(13-14-6-7-18-13)9-2-4-10(15)5-3-9/h2-7,11,15H,8H2,1H3/t11-/m0/s1. The molecule has 1 N–H and O–H groups in total. The second-order valence-electron chi connectivity index (χ2n) is 3.79. The molecule has 94 valence electrons. The summed E-state index contributed by atoms with van der Waals surface area (Å²) in [5, 5.41) is 12.0. The number of carbonyl (C=O) groups excluding carboxylic acids is 1. The van der Waals surface area contributed by atoms with Gasteiger partial charge in [0.15, 0.2) is 0 Å². The van der Waals surface area contributed by atoms with E-state index < -0.39 is 0 Å². The summed E-state index contributed by atoms with van der Waals surface area (Å²) in [5.74, 6) is -0.198. The predicted octanol–water partition coefficient (Wildman–Crippen LogP) is 2.54. The van der Waals surface area contributed by atoms with Crippen molar-refractivity contribution >= 4 is 17.3 Å². The molecule has 1 aromatic heterocycles. The van der Waals surface area contributed by atoms with E-state index in [1.807, 2.05) is 5.38 Å². The second kappa shape index (κ2) is 5.64. The topological polar surface area (TPSA) is 59.4 Å². The van der Waals surface area contributed by atoms with Gasteiger partial charge in [0, 0.05) is 17.5 Å². The van der Waals surface area contributed by atoms with E-state index in [0.29, 0.717) is 0 Å². The minimum atomic E-state index is -0.275. The highest BCUT2D eigenvalue weighted by Crippen LogP contribution is 2.30. The van der Waals surface area contributed by atoms with Gasteiger partial charge in [-0.15, -0.1) is 11.3 Å². The highest BCUT2D eigenvalue weighted by atomic mass is 32.1. The number of benzene rings is 1. The smallest absolute Gasteiger partial charge is 0.306 e. The summed E-state index contributed by atoms with van der Waals surface area (Å²) in [6, 6.07) is 6.80. The Balaban J connectivity index is 2.30. The second-order valence-corrected chi connectivity index (χ2v) is 4.72. The fourth-order valence-electron chi connectivity index (χ4n) is 1.71. The van der Waals surface area contributed by atoms with Crippen LogP contribution in [0.4, 0.5) is 0 Å². The van der Waals surface area contributed by atoms with Crippen LogP contribution in [0, 0.1) is 0 Å². The van der Waals surface area contributed by atoms with Gasteiger partial charge in [-0.05, 0) is 17.7 Å². The molecule has 2 aromatic rings. The highest BCUT2D eigenvalue weighted by Gasteiger charge is 2.20. The van der Waals surface area contributed by atoms with E-state index in [1.54, 1.807) is 30.5 Å². The minimum absolute atomic E-state index is 0.127. The van der Waals surface area contributed by atoms with Crippen LogP contribution in [0.2, 0.25) is 0 Å². The summed E-state index contributed by atoms with van der Waals surface area (Å²) in [5.41, 5.74) is 0.938. The van der Waals surface area contributed by atoms with Crippen molar-refractivity contribution in [2.75, 3.05) is 7.11 Å². The van der Waals surface area contributed by atoms with E-state index in [-0.39, 0.29) is 24.1 Å². The number of carbonyl (C=O) groups is 1. The summed E-state index contributed by atoms with van der Waals surface area (Å²) < 4.78 is 4.71. The lowest BCUT2D eigenvalue weighted by atomic mass is 9.96. The molecule has 18 heavy (non-hydrogen) atoms. The van der Waals surface area contributed by atoms with E-state index in [1.165, 1.54) is 18.4 Å². The fourth-order valence-corrected chi connectivity index (χ4v) is 2.48. The molecule has 2 rings (SSSR count). The van der Waals surface area contributed by atoms with Crippen molar-refractivity contribution in [3.05, 3.63) is 46.4 Å². The number of thiazole rings is 1. The first-order valence-electron chi connectivity index (χ1n) is 5.46. The van der Waals surface area contributed by atoms with Crippen LogP contribution in [0.1, 0.15) is 22.9 Å². The van der Waals surface area contributed by atoms with Crippen LogP contribution in [0.5, 0.6) is 5.75 Å². The molecule has 0 saturated carbocycles. The zero-order valence-electron chi connectivity index (χ0n) is 9.87. The van der Waals surface area contributed by atoms with E-state index in [9.17, 15) is 9.90 Å². The zero-order valence-corrected chi connectivity index (χ0v) is 10.7. The van der Waals surface area contributed by atoms with E-state index in [0.717, 1.165) is 10.6 Å². The Hall–Kier alpha value is -1.88. The number of phenolic OH excluding ortho intramolecular Hbond substituents is 1. The van der Waals surface area contributed by atoms with Crippen molar-refractivity contribution in [2.45, 2.75) is 12.3 Å².